The Kier molecular flexibility index (Phi) is 3.75. The molecule has 1 aliphatic heterocycles. The molecule has 0 saturated heterocycles. The number of dihydropyridines is 1. The average Bonchev–Trinajstić information content (AvgIpc) is 3.10. The van der Waals surface area contributed by atoms with Crippen LogP contribution >= 0.6 is 0 Å². The summed E-state index contributed by atoms with van der Waals surface area (Å²) < 4.78 is 0. The maximum atomic E-state index is 3.72. The molecule has 4 aromatic rings. The van der Waals surface area contributed by atoms with E-state index in [1.54, 1.807) is 0 Å². The van der Waals surface area contributed by atoms with Gasteiger partial charge in [-0.05, 0) is 45.5 Å². The molecule has 1 N–H and O–H groups in total. The third-order valence-electron chi connectivity index (χ3n) is 6.22. The number of benzene rings is 4. The number of hydrogen-bond donors (Lipinski definition) is 1. The number of allylic oxidation sites excluding steroid dienone is 2. The molecular formula is C29H21N. The largest absolute Gasteiger partial charge is 0.355 e. The van der Waals surface area contributed by atoms with Gasteiger partial charge in [0.25, 0.3) is 0 Å². The summed E-state index contributed by atoms with van der Waals surface area (Å²) in [6.45, 7) is 0. The van der Waals surface area contributed by atoms with Gasteiger partial charge in [0, 0.05) is 11.4 Å². The molecule has 4 aromatic carbocycles. The predicted octanol–water partition coefficient (Wildman–Crippen LogP) is 6.64. The molecule has 0 amide bonds. The quantitative estimate of drug-likeness (QED) is 0.409. The van der Waals surface area contributed by atoms with Crippen molar-refractivity contribution in [2.75, 3.05) is 0 Å². The number of fused-ring (bicyclic) bond motifs is 5. The lowest BCUT2D eigenvalue weighted by Crippen LogP contribution is -2.29. The topological polar surface area (TPSA) is 12.0 Å². The van der Waals surface area contributed by atoms with Crippen molar-refractivity contribution in [3.05, 3.63) is 144 Å². The molecule has 0 atom stereocenters. The van der Waals surface area contributed by atoms with Crippen molar-refractivity contribution in [1.82, 2.24) is 5.32 Å². The van der Waals surface area contributed by atoms with Crippen LogP contribution in [0.3, 0.4) is 0 Å². The van der Waals surface area contributed by atoms with Gasteiger partial charge in [0.15, 0.2) is 0 Å². The van der Waals surface area contributed by atoms with E-state index in [2.05, 4.69) is 127 Å². The smallest absolute Gasteiger partial charge is 0.0620 e. The Labute approximate surface area is 177 Å². The minimum absolute atomic E-state index is 0.297. The van der Waals surface area contributed by atoms with Crippen LogP contribution in [0, 0.1) is 0 Å². The summed E-state index contributed by atoms with van der Waals surface area (Å²) >= 11 is 0. The highest BCUT2D eigenvalue weighted by atomic mass is 14.9. The fraction of sp³-hybridized carbons (Fsp3) is 0.0345. The minimum atomic E-state index is -0.297. The molecule has 0 radical (unpaired) electrons. The fourth-order valence-corrected chi connectivity index (χ4v) is 4.87. The first kappa shape index (κ1) is 17.1. The zero-order valence-corrected chi connectivity index (χ0v) is 16.5. The number of hydrogen-bond acceptors (Lipinski definition) is 1. The van der Waals surface area contributed by atoms with E-state index >= 15 is 0 Å². The molecule has 0 saturated carbocycles. The highest BCUT2D eigenvalue weighted by molar-refractivity contribution is 5.91. The second-order valence-corrected chi connectivity index (χ2v) is 7.93. The molecule has 0 unspecified atom stereocenters. The van der Waals surface area contributed by atoms with Gasteiger partial charge in [-0.15, -0.1) is 0 Å². The van der Waals surface area contributed by atoms with Crippen molar-refractivity contribution >= 4 is 11.4 Å². The normalized spacial score (nSPS) is 15.6. The van der Waals surface area contributed by atoms with Crippen LogP contribution in [0.4, 0.5) is 0 Å². The zero-order chi connectivity index (χ0) is 20.0. The third kappa shape index (κ3) is 2.49. The minimum Gasteiger partial charge on any atom is -0.355 e. The highest BCUT2D eigenvalue weighted by Crippen LogP contribution is 2.53. The van der Waals surface area contributed by atoms with Crippen LogP contribution in [-0.2, 0) is 5.41 Å². The van der Waals surface area contributed by atoms with Gasteiger partial charge >= 0.3 is 0 Å². The van der Waals surface area contributed by atoms with Crippen LogP contribution in [0.15, 0.2) is 121 Å². The molecule has 2 aliphatic rings. The number of nitrogens with one attached hydrogen (secondary N) is 1. The maximum absolute atomic E-state index is 3.72. The van der Waals surface area contributed by atoms with Crippen molar-refractivity contribution in [3.63, 3.8) is 0 Å². The molecule has 6 rings (SSSR count). The Bertz CT molecular complexity index is 1190. The van der Waals surface area contributed by atoms with Gasteiger partial charge in [0.1, 0.15) is 0 Å². The summed E-state index contributed by atoms with van der Waals surface area (Å²) in [5.41, 5.74) is 9.70. The van der Waals surface area contributed by atoms with E-state index in [0.717, 1.165) is 11.4 Å². The van der Waals surface area contributed by atoms with E-state index in [1.807, 2.05) is 0 Å². The van der Waals surface area contributed by atoms with Gasteiger partial charge in [-0.3, -0.25) is 0 Å². The first-order valence-electron chi connectivity index (χ1n) is 10.4. The van der Waals surface area contributed by atoms with Gasteiger partial charge < -0.3 is 5.32 Å². The van der Waals surface area contributed by atoms with E-state index in [1.165, 1.54) is 33.4 Å². The lowest BCUT2D eigenvalue weighted by molar-refractivity contribution is 0.824. The molecule has 1 heterocycles. The van der Waals surface area contributed by atoms with Crippen molar-refractivity contribution in [1.29, 1.82) is 0 Å². The Morgan fingerprint density at radius 1 is 0.433 bits per heavy atom. The molecule has 0 bridgehead atoms. The van der Waals surface area contributed by atoms with Crippen LogP contribution in [0.5, 0.6) is 0 Å². The lowest BCUT2D eigenvalue weighted by atomic mass is 9.74. The van der Waals surface area contributed by atoms with E-state index in [0.29, 0.717) is 0 Å². The molecule has 142 valence electrons. The van der Waals surface area contributed by atoms with E-state index in [-0.39, 0.29) is 5.41 Å². The third-order valence-corrected chi connectivity index (χ3v) is 6.22. The molecule has 0 fully saturated rings. The molecule has 1 aliphatic carbocycles. The first-order valence-corrected chi connectivity index (χ1v) is 10.4. The Morgan fingerprint density at radius 3 is 1.30 bits per heavy atom. The molecule has 1 spiro atoms. The van der Waals surface area contributed by atoms with Crippen molar-refractivity contribution < 1.29 is 0 Å². The summed E-state index contributed by atoms with van der Waals surface area (Å²) in [5, 5.41) is 3.72. The van der Waals surface area contributed by atoms with Crippen LogP contribution < -0.4 is 5.32 Å². The zero-order valence-electron chi connectivity index (χ0n) is 16.5. The second-order valence-electron chi connectivity index (χ2n) is 7.93. The van der Waals surface area contributed by atoms with Gasteiger partial charge in [0.05, 0.1) is 5.41 Å². The van der Waals surface area contributed by atoms with Crippen LogP contribution in [0.25, 0.3) is 22.5 Å². The summed E-state index contributed by atoms with van der Waals surface area (Å²) in [5.74, 6) is 0. The van der Waals surface area contributed by atoms with E-state index in [4.69, 9.17) is 0 Å². The average molecular weight is 383 g/mol. The summed E-state index contributed by atoms with van der Waals surface area (Å²) in [6, 6.07) is 38.9. The van der Waals surface area contributed by atoms with Crippen LogP contribution in [-0.4, -0.2) is 0 Å². The van der Waals surface area contributed by atoms with Gasteiger partial charge in [-0.2, -0.15) is 0 Å². The molecule has 0 aromatic heterocycles. The van der Waals surface area contributed by atoms with Gasteiger partial charge in [0.2, 0.25) is 0 Å². The standard InChI is InChI=1S/C29H21N/c1-3-11-21(12-4-1)27-19-29(20-28(30-27)22-13-5-2-6-14-22)25-17-9-7-15-23(25)24-16-8-10-18-26(24)29/h1-20,30H. The van der Waals surface area contributed by atoms with Crippen molar-refractivity contribution in [2.45, 2.75) is 5.41 Å². The van der Waals surface area contributed by atoms with Gasteiger partial charge in [-0.1, -0.05) is 109 Å². The fourth-order valence-electron chi connectivity index (χ4n) is 4.87. The van der Waals surface area contributed by atoms with E-state index in [9.17, 15) is 0 Å². The number of rotatable bonds is 2. The van der Waals surface area contributed by atoms with Crippen molar-refractivity contribution in [3.8, 4) is 11.1 Å². The SMILES string of the molecule is C1=C(c2ccccc2)NC(c2ccccc2)=CC12c1ccccc1-c1ccccc12. The summed E-state index contributed by atoms with van der Waals surface area (Å²) in [4.78, 5) is 0. The lowest BCUT2D eigenvalue weighted by Gasteiger charge is -2.33. The molecular weight excluding hydrogens is 362 g/mol. The summed E-state index contributed by atoms with van der Waals surface area (Å²) in [7, 11) is 0. The Balaban J connectivity index is 1.67. The maximum Gasteiger partial charge on any atom is 0.0620 e. The molecule has 30 heavy (non-hydrogen) atoms. The highest BCUT2D eigenvalue weighted by Gasteiger charge is 2.42. The molecule has 1 heteroatoms. The van der Waals surface area contributed by atoms with Crippen molar-refractivity contribution in [2.24, 2.45) is 0 Å². The van der Waals surface area contributed by atoms with Gasteiger partial charge in [-0.25, -0.2) is 0 Å². The van der Waals surface area contributed by atoms with Crippen LogP contribution in [0.1, 0.15) is 22.3 Å². The monoisotopic (exact) mass is 383 g/mol. The molecule has 1 nitrogen and oxygen atoms in total. The predicted molar refractivity (Wildman–Crippen MR) is 125 cm³/mol. The summed E-state index contributed by atoms with van der Waals surface area (Å²) in [6.07, 6.45) is 4.80. The second kappa shape index (κ2) is 6.60. The first-order chi connectivity index (χ1) is 14.9. The Hall–Kier alpha value is -3.84. The van der Waals surface area contributed by atoms with E-state index < -0.39 is 0 Å². The Morgan fingerprint density at radius 2 is 0.833 bits per heavy atom. The van der Waals surface area contributed by atoms with Crippen LogP contribution in [0.2, 0.25) is 0 Å².